The fraction of sp³-hybridized carbons (Fsp3) is 0.353. The van der Waals surface area contributed by atoms with E-state index < -0.39 is 17.8 Å². The summed E-state index contributed by atoms with van der Waals surface area (Å²) in [5.41, 5.74) is 1.11. The maximum atomic E-state index is 12.2. The number of carboxylic acid groups (broad SMARTS) is 1. The molecule has 2 rings (SSSR count). The molecule has 2 amide bonds. The zero-order chi connectivity index (χ0) is 18.1. The van der Waals surface area contributed by atoms with E-state index in [9.17, 15) is 19.5 Å². The summed E-state index contributed by atoms with van der Waals surface area (Å²) in [7, 11) is 0. The number of carboxylic acids is 1. The van der Waals surface area contributed by atoms with Gasteiger partial charge in [0.05, 0.1) is 18.7 Å². The summed E-state index contributed by atoms with van der Waals surface area (Å²) in [4.78, 5) is 36.2. The average Bonchev–Trinajstić information content (AvgIpc) is 2.74. The number of nitrogens with zero attached hydrogens (tertiary/aromatic N) is 1. The first kappa shape index (κ1) is 17.7. The molecule has 0 bridgehead atoms. The number of imide groups is 1. The molecule has 0 radical (unpaired) electrons. The van der Waals surface area contributed by atoms with E-state index in [0.29, 0.717) is 5.69 Å². The average molecular weight is 332 g/mol. The highest BCUT2D eigenvalue weighted by Gasteiger charge is 2.31. The molecule has 0 atom stereocenters. The van der Waals surface area contributed by atoms with Gasteiger partial charge in [-0.25, -0.2) is 4.79 Å². The van der Waals surface area contributed by atoms with E-state index in [1.165, 1.54) is 12.1 Å². The van der Waals surface area contributed by atoms with Crippen LogP contribution in [-0.4, -0.2) is 46.0 Å². The van der Waals surface area contributed by atoms with Crippen LogP contribution in [-0.2, 0) is 15.0 Å². The third-order valence-electron chi connectivity index (χ3n) is 3.68. The van der Waals surface area contributed by atoms with Crippen molar-refractivity contribution in [3.05, 3.63) is 41.1 Å². The van der Waals surface area contributed by atoms with E-state index >= 15 is 0 Å². The summed E-state index contributed by atoms with van der Waals surface area (Å²) in [5.74, 6) is -2.14. The standard InChI is InChI=1S/C17H20N2O5/c1-17(2,3)11-5-4-10(16(23)24)8-12(11)18-13-9-14(21)19(6-7-20)15(13)22/h4-5,8-9,18,20H,6-7H2,1-3H3,(H,23,24). The highest BCUT2D eigenvalue weighted by atomic mass is 16.4. The quantitative estimate of drug-likeness (QED) is 0.703. The van der Waals surface area contributed by atoms with E-state index in [0.717, 1.165) is 16.5 Å². The zero-order valence-electron chi connectivity index (χ0n) is 13.8. The maximum absolute atomic E-state index is 12.2. The third-order valence-corrected chi connectivity index (χ3v) is 3.68. The number of hydrogen-bond acceptors (Lipinski definition) is 5. The molecule has 0 spiro atoms. The molecular formula is C17H20N2O5. The van der Waals surface area contributed by atoms with Gasteiger partial charge in [-0.15, -0.1) is 0 Å². The van der Waals surface area contributed by atoms with Crippen molar-refractivity contribution in [3.63, 3.8) is 0 Å². The van der Waals surface area contributed by atoms with E-state index in [1.807, 2.05) is 20.8 Å². The highest BCUT2D eigenvalue weighted by molar-refractivity contribution is 6.17. The number of nitrogens with one attached hydrogen (secondary N) is 1. The third kappa shape index (κ3) is 3.46. The largest absolute Gasteiger partial charge is 0.478 e. The summed E-state index contributed by atoms with van der Waals surface area (Å²) in [5, 5.41) is 21.0. The molecule has 0 fully saturated rings. The topological polar surface area (TPSA) is 107 Å². The molecule has 0 aromatic heterocycles. The number of carbonyl (C=O) groups is 3. The SMILES string of the molecule is CC(C)(C)c1ccc(C(=O)O)cc1NC1=CC(=O)N(CCO)C1=O. The van der Waals surface area contributed by atoms with Crippen molar-refractivity contribution >= 4 is 23.5 Å². The summed E-state index contributed by atoms with van der Waals surface area (Å²) in [6.45, 7) is 5.48. The van der Waals surface area contributed by atoms with Crippen LogP contribution in [0, 0.1) is 0 Å². The Morgan fingerprint density at radius 3 is 2.46 bits per heavy atom. The van der Waals surface area contributed by atoms with Crippen molar-refractivity contribution < 1.29 is 24.6 Å². The molecule has 128 valence electrons. The van der Waals surface area contributed by atoms with Crippen LogP contribution in [0.25, 0.3) is 0 Å². The Labute approximate surface area is 139 Å². The Balaban J connectivity index is 2.40. The first-order valence-corrected chi connectivity index (χ1v) is 7.48. The molecule has 0 saturated heterocycles. The van der Waals surface area contributed by atoms with Crippen LogP contribution in [0.1, 0.15) is 36.7 Å². The van der Waals surface area contributed by atoms with Crippen molar-refractivity contribution in [1.82, 2.24) is 4.90 Å². The number of anilines is 1. The number of hydrogen-bond donors (Lipinski definition) is 3. The summed E-state index contributed by atoms with van der Waals surface area (Å²) >= 11 is 0. The second-order valence-electron chi connectivity index (χ2n) is 6.52. The Hall–Kier alpha value is -2.67. The van der Waals surface area contributed by atoms with Gasteiger partial charge in [-0.2, -0.15) is 0 Å². The van der Waals surface area contributed by atoms with E-state index in [2.05, 4.69) is 5.32 Å². The first-order valence-electron chi connectivity index (χ1n) is 7.48. The van der Waals surface area contributed by atoms with Gasteiger partial charge in [-0.1, -0.05) is 26.8 Å². The van der Waals surface area contributed by atoms with Gasteiger partial charge in [0.1, 0.15) is 5.70 Å². The smallest absolute Gasteiger partial charge is 0.335 e. The summed E-state index contributed by atoms with van der Waals surface area (Å²) in [6, 6.07) is 4.64. The van der Waals surface area contributed by atoms with Crippen LogP contribution >= 0.6 is 0 Å². The van der Waals surface area contributed by atoms with Gasteiger partial charge < -0.3 is 15.5 Å². The number of rotatable bonds is 5. The minimum absolute atomic E-state index is 0.0569. The van der Waals surface area contributed by atoms with Crippen molar-refractivity contribution in [2.75, 3.05) is 18.5 Å². The molecule has 1 aromatic rings. The molecule has 0 aliphatic carbocycles. The van der Waals surface area contributed by atoms with Gasteiger partial charge >= 0.3 is 5.97 Å². The fourth-order valence-electron chi connectivity index (χ4n) is 2.49. The van der Waals surface area contributed by atoms with Crippen molar-refractivity contribution in [1.29, 1.82) is 0 Å². The molecule has 24 heavy (non-hydrogen) atoms. The number of amides is 2. The van der Waals surface area contributed by atoms with Crippen molar-refractivity contribution in [3.8, 4) is 0 Å². The summed E-state index contributed by atoms with van der Waals surface area (Å²) < 4.78 is 0. The Morgan fingerprint density at radius 2 is 1.92 bits per heavy atom. The first-order chi connectivity index (χ1) is 11.1. The van der Waals surface area contributed by atoms with E-state index in [4.69, 9.17) is 5.11 Å². The molecule has 3 N–H and O–H groups in total. The van der Waals surface area contributed by atoms with Crippen LogP contribution < -0.4 is 5.32 Å². The Bertz CT molecular complexity index is 731. The molecule has 1 aliphatic rings. The lowest BCUT2D eigenvalue weighted by molar-refractivity contribution is -0.137. The monoisotopic (exact) mass is 332 g/mol. The predicted octanol–water partition coefficient (Wildman–Crippen LogP) is 1.34. The normalized spacial score (nSPS) is 14.8. The minimum atomic E-state index is -1.08. The number of β-amino-alcohol motifs (C(OH)–C–C–N with tert-alkyl or cyclic N) is 1. The van der Waals surface area contributed by atoms with Gasteiger partial charge in [0.15, 0.2) is 0 Å². The van der Waals surface area contributed by atoms with Crippen LogP contribution in [0.3, 0.4) is 0 Å². The zero-order valence-corrected chi connectivity index (χ0v) is 13.8. The van der Waals surface area contributed by atoms with Crippen LogP contribution in [0.5, 0.6) is 0 Å². The minimum Gasteiger partial charge on any atom is -0.478 e. The van der Waals surface area contributed by atoms with Gasteiger partial charge in [-0.3, -0.25) is 14.5 Å². The van der Waals surface area contributed by atoms with E-state index in [-0.39, 0.29) is 29.8 Å². The van der Waals surface area contributed by atoms with Gasteiger partial charge in [0, 0.05) is 11.8 Å². The number of aromatic carboxylic acids is 1. The molecule has 7 nitrogen and oxygen atoms in total. The van der Waals surface area contributed by atoms with Gasteiger partial charge in [-0.05, 0) is 23.1 Å². The number of carbonyl (C=O) groups excluding carboxylic acids is 2. The Kier molecular flexibility index (Phi) is 4.75. The lowest BCUT2D eigenvalue weighted by atomic mass is 9.85. The van der Waals surface area contributed by atoms with Crippen molar-refractivity contribution in [2.45, 2.75) is 26.2 Å². The van der Waals surface area contributed by atoms with Crippen LogP contribution in [0.4, 0.5) is 5.69 Å². The maximum Gasteiger partial charge on any atom is 0.335 e. The molecular weight excluding hydrogens is 312 g/mol. The van der Waals surface area contributed by atoms with Gasteiger partial charge in [0.25, 0.3) is 11.8 Å². The Morgan fingerprint density at radius 1 is 1.25 bits per heavy atom. The molecule has 1 heterocycles. The summed E-state index contributed by atoms with van der Waals surface area (Å²) in [6.07, 6.45) is 1.15. The second-order valence-corrected chi connectivity index (χ2v) is 6.52. The number of aliphatic hydroxyl groups excluding tert-OH is 1. The van der Waals surface area contributed by atoms with Crippen molar-refractivity contribution in [2.24, 2.45) is 0 Å². The van der Waals surface area contributed by atoms with Gasteiger partial charge in [0.2, 0.25) is 0 Å². The molecule has 1 aliphatic heterocycles. The lowest BCUT2D eigenvalue weighted by Gasteiger charge is -2.24. The molecule has 0 unspecified atom stereocenters. The number of aliphatic hydroxyl groups is 1. The predicted molar refractivity (Wildman–Crippen MR) is 87.6 cm³/mol. The lowest BCUT2D eigenvalue weighted by Crippen LogP contribution is -2.34. The van der Waals surface area contributed by atoms with Crippen LogP contribution in [0.2, 0.25) is 0 Å². The van der Waals surface area contributed by atoms with E-state index in [1.54, 1.807) is 6.07 Å². The molecule has 0 saturated carbocycles. The highest BCUT2D eigenvalue weighted by Crippen LogP contribution is 2.32. The second kappa shape index (κ2) is 6.45. The fourth-order valence-corrected chi connectivity index (χ4v) is 2.49. The molecule has 7 heteroatoms. The van der Waals surface area contributed by atoms with Crippen LogP contribution in [0.15, 0.2) is 30.0 Å². The molecule has 1 aromatic carbocycles. The number of benzene rings is 1.